The van der Waals surface area contributed by atoms with Crippen molar-refractivity contribution in [1.29, 1.82) is 0 Å². The Morgan fingerprint density at radius 2 is 2.00 bits per heavy atom. The van der Waals surface area contributed by atoms with E-state index in [9.17, 15) is 9.59 Å². The third-order valence-electron chi connectivity index (χ3n) is 3.88. The molecule has 3 heterocycles. The maximum Gasteiger partial charge on any atom is 0.338 e. The van der Waals surface area contributed by atoms with Gasteiger partial charge in [0.25, 0.3) is 0 Å². The van der Waals surface area contributed by atoms with Gasteiger partial charge in [-0.1, -0.05) is 19.9 Å². The van der Waals surface area contributed by atoms with E-state index in [1.165, 1.54) is 0 Å². The van der Waals surface area contributed by atoms with Gasteiger partial charge in [-0.3, -0.25) is 4.79 Å². The predicted octanol–water partition coefficient (Wildman–Crippen LogP) is 4.02. The van der Waals surface area contributed by atoms with Crippen LogP contribution in [0.3, 0.4) is 0 Å². The molecular weight excluding hydrogens is 322 g/mol. The highest BCUT2D eigenvalue weighted by atomic mass is 32.1. The summed E-state index contributed by atoms with van der Waals surface area (Å²) in [6.07, 6.45) is 2.74. The van der Waals surface area contributed by atoms with Crippen molar-refractivity contribution in [1.82, 2.24) is 5.32 Å². The van der Waals surface area contributed by atoms with Crippen LogP contribution in [0.1, 0.15) is 41.1 Å². The van der Waals surface area contributed by atoms with Crippen molar-refractivity contribution in [2.75, 3.05) is 6.54 Å². The van der Waals surface area contributed by atoms with Crippen molar-refractivity contribution < 1.29 is 14.3 Å². The quantitative estimate of drug-likeness (QED) is 0.663. The van der Waals surface area contributed by atoms with Crippen LogP contribution < -0.4 is 5.32 Å². The Balaban J connectivity index is 0.000000815. The lowest BCUT2D eigenvalue weighted by molar-refractivity contribution is -0.116. The molecule has 0 bridgehead atoms. The molecule has 4 nitrogen and oxygen atoms in total. The smallest absolute Gasteiger partial charge is 0.338 e. The number of nitrogens with one attached hydrogen (secondary N) is 1. The number of cyclic esters (lactones) is 1. The summed E-state index contributed by atoms with van der Waals surface area (Å²) in [7, 11) is 0. The van der Waals surface area contributed by atoms with E-state index in [1.807, 2.05) is 50.3 Å². The molecule has 1 aromatic carbocycles. The van der Waals surface area contributed by atoms with E-state index in [0.717, 1.165) is 39.4 Å². The lowest BCUT2D eigenvalue weighted by Gasteiger charge is -1.99. The standard InChI is InChI=1S/C17H13NO3S.C2H6/c19-16-11(5-6-18-16)8-13-2-4-15(22-13)10-1-3-14-12(7-10)9-21-17(14)20;1-2/h1-4,7-8H,5-6,9H2,(H,18,19);1-2H3/b11-8+;. The van der Waals surface area contributed by atoms with Crippen molar-refractivity contribution in [2.45, 2.75) is 26.9 Å². The predicted molar refractivity (Wildman–Crippen MR) is 95.8 cm³/mol. The minimum atomic E-state index is -0.245. The van der Waals surface area contributed by atoms with Crippen LogP contribution >= 0.6 is 11.3 Å². The maximum absolute atomic E-state index is 11.6. The molecule has 2 aromatic rings. The molecule has 1 saturated heterocycles. The number of hydrogen-bond acceptors (Lipinski definition) is 4. The minimum absolute atomic E-state index is 0.0307. The first kappa shape index (κ1) is 16.5. The van der Waals surface area contributed by atoms with Gasteiger partial charge in [-0.2, -0.15) is 0 Å². The molecule has 1 fully saturated rings. The number of carbonyl (C=O) groups excluding carboxylic acids is 2. The van der Waals surface area contributed by atoms with Crippen LogP contribution in [0.5, 0.6) is 0 Å². The summed E-state index contributed by atoms with van der Waals surface area (Å²) in [6, 6.07) is 9.83. The van der Waals surface area contributed by atoms with E-state index >= 15 is 0 Å². The third-order valence-corrected chi connectivity index (χ3v) is 4.96. The Labute approximate surface area is 145 Å². The molecule has 0 spiro atoms. The molecule has 5 heteroatoms. The van der Waals surface area contributed by atoms with Gasteiger partial charge >= 0.3 is 5.97 Å². The zero-order valence-electron chi connectivity index (χ0n) is 13.7. The van der Waals surface area contributed by atoms with Gasteiger partial charge in [0.1, 0.15) is 6.61 Å². The Kier molecular flexibility index (Phi) is 4.81. The van der Waals surface area contributed by atoms with Crippen LogP contribution in [-0.4, -0.2) is 18.4 Å². The number of thiophene rings is 1. The van der Waals surface area contributed by atoms with Crippen LogP contribution in [0, 0.1) is 0 Å². The third kappa shape index (κ3) is 3.12. The molecule has 0 radical (unpaired) electrons. The Bertz CT molecular complexity index is 820. The molecular formula is C19H19NO3S. The molecule has 1 amide bonds. The van der Waals surface area contributed by atoms with Crippen molar-refractivity contribution in [3.63, 3.8) is 0 Å². The molecule has 0 aliphatic carbocycles. The minimum Gasteiger partial charge on any atom is -0.457 e. The monoisotopic (exact) mass is 341 g/mol. The van der Waals surface area contributed by atoms with Gasteiger partial charge in [0.15, 0.2) is 0 Å². The molecule has 1 aromatic heterocycles. The first-order chi connectivity index (χ1) is 11.7. The van der Waals surface area contributed by atoms with Crippen LogP contribution in [0.15, 0.2) is 35.9 Å². The fraction of sp³-hybridized carbons (Fsp3) is 0.263. The molecule has 0 saturated carbocycles. The summed E-state index contributed by atoms with van der Waals surface area (Å²) in [6.45, 7) is 5.08. The molecule has 0 unspecified atom stereocenters. The number of ether oxygens (including phenoxy) is 1. The van der Waals surface area contributed by atoms with E-state index in [1.54, 1.807) is 11.3 Å². The average Bonchev–Trinajstić information content (AvgIpc) is 3.32. The van der Waals surface area contributed by atoms with E-state index in [4.69, 9.17) is 4.74 Å². The summed E-state index contributed by atoms with van der Waals surface area (Å²) in [5.74, 6) is -0.214. The van der Waals surface area contributed by atoms with Gasteiger partial charge in [0.05, 0.1) is 5.56 Å². The van der Waals surface area contributed by atoms with Crippen molar-refractivity contribution in [2.24, 2.45) is 0 Å². The van der Waals surface area contributed by atoms with E-state index < -0.39 is 0 Å². The number of carbonyl (C=O) groups is 2. The zero-order valence-corrected chi connectivity index (χ0v) is 14.5. The molecule has 2 aliphatic heterocycles. The van der Waals surface area contributed by atoms with Crippen molar-refractivity contribution in [3.8, 4) is 10.4 Å². The lowest BCUT2D eigenvalue weighted by Crippen LogP contribution is -2.13. The van der Waals surface area contributed by atoms with Gasteiger partial charge < -0.3 is 10.1 Å². The second-order valence-electron chi connectivity index (χ2n) is 5.33. The van der Waals surface area contributed by atoms with Crippen LogP contribution in [0.2, 0.25) is 0 Å². The van der Waals surface area contributed by atoms with Gasteiger partial charge in [-0.25, -0.2) is 4.79 Å². The zero-order chi connectivity index (χ0) is 17.1. The van der Waals surface area contributed by atoms with Crippen LogP contribution in [0.25, 0.3) is 16.5 Å². The fourth-order valence-electron chi connectivity index (χ4n) is 2.72. The first-order valence-corrected chi connectivity index (χ1v) is 8.91. The van der Waals surface area contributed by atoms with E-state index in [-0.39, 0.29) is 11.9 Å². The van der Waals surface area contributed by atoms with Gasteiger partial charge in [0, 0.05) is 27.4 Å². The number of hydrogen-bond donors (Lipinski definition) is 1. The highest BCUT2D eigenvalue weighted by Crippen LogP contribution is 2.32. The maximum atomic E-state index is 11.6. The summed E-state index contributed by atoms with van der Waals surface area (Å²) >= 11 is 1.64. The van der Waals surface area contributed by atoms with Crippen LogP contribution in [-0.2, 0) is 16.1 Å². The normalized spacial score (nSPS) is 17.2. The molecule has 0 atom stereocenters. The number of amides is 1. The highest BCUT2D eigenvalue weighted by Gasteiger charge is 2.21. The Morgan fingerprint density at radius 3 is 2.75 bits per heavy atom. The van der Waals surface area contributed by atoms with Crippen molar-refractivity contribution >= 4 is 29.3 Å². The molecule has 1 N–H and O–H groups in total. The van der Waals surface area contributed by atoms with Gasteiger partial charge in [-0.15, -0.1) is 11.3 Å². The number of benzene rings is 1. The summed E-state index contributed by atoms with van der Waals surface area (Å²) in [5.41, 5.74) is 3.50. The Morgan fingerprint density at radius 1 is 1.17 bits per heavy atom. The second kappa shape index (κ2) is 7.01. The SMILES string of the molecule is CC.O=C1NCC/C1=C\c1ccc(-c2ccc3c(c2)COC3=O)s1. The number of esters is 1. The van der Waals surface area contributed by atoms with E-state index in [0.29, 0.717) is 12.2 Å². The lowest BCUT2D eigenvalue weighted by atomic mass is 10.1. The molecule has 4 rings (SSSR count). The summed E-state index contributed by atoms with van der Waals surface area (Å²) < 4.78 is 5.03. The summed E-state index contributed by atoms with van der Waals surface area (Å²) in [5, 5.41) is 2.81. The van der Waals surface area contributed by atoms with Crippen LogP contribution in [0.4, 0.5) is 0 Å². The second-order valence-corrected chi connectivity index (χ2v) is 6.44. The molecule has 124 valence electrons. The van der Waals surface area contributed by atoms with Crippen molar-refractivity contribution in [3.05, 3.63) is 51.9 Å². The largest absolute Gasteiger partial charge is 0.457 e. The highest BCUT2D eigenvalue weighted by molar-refractivity contribution is 7.16. The number of fused-ring (bicyclic) bond motifs is 1. The van der Waals surface area contributed by atoms with Gasteiger partial charge in [-0.05, 0) is 42.3 Å². The number of rotatable bonds is 2. The fourth-order valence-corrected chi connectivity index (χ4v) is 3.69. The topological polar surface area (TPSA) is 55.4 Å². The van der Waals surface area contributed by atoms with E-state index in [2.05, 4.69) is 5.32 Å². The molecule has 24 heavy (non-hydrogen) atoms. The van der Waals surface area contributed by atoms with Gasteiger partial charge in [0.2, 0.25) is 5.91 Å². The Hall–Kier alpha value is -2.40. The average molecular weight is 341 g/mol. The summed E-state index contributed by atoms with van der Waals surface area (Å²) in [4.78, 5) is 25.3. The molecule has 2 aliphatic rings. The first-order valence-electron chi connectivity index (χ1n) is 8.10.